The average molecular weight is 268 g/mol. The van der Waals surface area contributed by atoms with Crippen LogP contribution < -0.4 is 22.1 Å². The fourth-order valence-electron chi connectivity index (χ4n) is 2.10. The summed E-state index contributed by atoms with van der Waals surface area (Å²) in [5.74, 6) is -0.746. The summed E-state index contributed by atoms with van der Waals surface area (Å²) in [4.78, 5) is 24.8. The van der Waals surface area contributed by atoms with Crippen LogP contribution in [0.15, 0.2) is 36.4 Å². The first-order valence-corrected chi connectivity index (χ1v) is 5.93. The van der Waals surface area contributed by atoms with Gasteiger partial charge in [0.15, 0.2) is 0 Å². The monoisotopic (exact) mass is 268 g/mol. The second-order valence-electron chi connectivity index (χ2n) is 4.52. The van der Waals surface area contributed by atoms with Crippen LogP contribution in [-0.2, 0) is 0 Å². The molecule has 0 bridgehead atoms. The molecule has 100 valence electrons. The van der Waals surface area contributed by atoms with Gasteiger partial charge in [0.2, 0.25) is 5.91 Å². The van der Waals surface area contributed by atoms with Crippen molar-refractivity contribution < 1.29 is 9.59 Å². The number of nitrogen functional groups attached to an aromatic ring is 2. The molecule has 3 rings (SSSR count). The van der Waals surface area contributed by atoms with Crippen LogP contribution in [-0.4, -0.2) is 11.8 Å². The quantitative estimate of drug-likeness (QED) is 0.561. The number of hydrogen-bond acceptors (Lipinski definition) is 4. The first-order valence-electron chi connectivity index (χ1n) is 5.93. The van der Waals surface area contributed by atoms with E-state index in [4.69, 9.17) is 17.2 Å². The Kier molecular flexibility index (Phi) is 2.40. The molecule has 6 heteroatoms. The van der Waals surface area contributed by atoms with E-state index in [-0.39, 0.29) is 5.91 Å². The minimum absolute atomic E-state index is 0.215. The lowest BCUT2D eigenvalue weighted by Crippen LogP contribution is -2.15. The van der Waals surface area contributed by atoms with Crippen molar-refractivity contribution >= 4 is 34.6 Å². The first kappa shape index (κ1) is 12.0. The summed E-state index contributed by atoms with van der Waals surface area (Å²) in [5, 5.41) is 0. The molecule has 0 aromatic heterocycles. The van der Waals surface area contributed by atoms with Crippen molar-refractivity contribution in [3.63, 3.8) is 0 Å². The Morgan fingerprint density at radius 2 is 1.50 bits per heavy atom. The van der Waals surface area contributed by atoms with Crippen molar-refractivity contribution in [1.82, 2.24) is 0 Å². The third kappa shape index (κ3) is 1.66. The molecule has 20 heavy (non-hydrogen) atoms. The molecule has 0 radical (unpaired) electrons. The van der Waals surface area contributed by atoms with E-state index in [2.05, 4.69) is 0 Å². The SMILES string of the molecule is NC(=O)c1ccc(C(=O)N2c3ccc(N)c(N)c32)cc1. The number of amides is 2. The molecule has 1 aliphatic heterocycles. The number of anilines is 4. The topological polar surface area (TPSA) is 115 Å². The number of benzene rings is 2. The van der Waals surface area contributed by atoms with Gasteiger partial charge < -0.3 is 17.2 Å². The van der Waals surface area contributed by atoms with Gasteiger partial charge in [0, 0.05) is 11.1 Å². The maximum atomic E-state index is 12.3. The molecule has 1 heterocycles. The predicted octanol–water partition coefficient (Wildman–Crippen LogP) is 1.24. The standard InChI is InChI=1S/C14H12N4O2/c15-9-5-6-10-12(11(9)16)18(10)14(20)8-3-1-7(2-4-8)13(17)19/h1-6H,15-16H2,(H2,17,19). The second-order valence-corrected chi connectivity index (χ2v) is 4.52. The molecule has 0 saturated carbocycles. The van der Waals surface area contributed by atoms with E-state index in [1.165, 1.54) is 17.0 Å². The third-order valence-electron chi connectivity index (χ3n) is 3.26. The second kappa shape index (κ2) is 3.99. The summed E-state index contributed by atoms with van der Waals surface area (Å²) in [6.45, 7) is 0. The van der Waals surface area contributed by atoms with Gasteiger partial charge in [-0.05, 0) is 36.4 Å². The van der Waals surface area contributed by atoms with E-state index in [0.717, 1.165) is 5.69 Å². The third-order valence-corrected chi connectivity index (χ3v) is 3.26. The van der Waals surface area contributed by atoms with Crippen LogP contribution in [0.1, 0.15) is 20.7 Å². The van der Waals surface area contributed by atoms with Crippen molar-refractivity contribution in [2.24, 2.45) is 5.73 Å². The Morgan fingerprint density at radius 3 is 2.10 bits per heavy atom. The molecule has 6 N–H and O–H groups in total. The highest BCUT2D eigenvalue weighted by Crippen LogP contribution is 2.54. The van der Waals surface area contributed by atoms with Crippen molar-refractivity contribution in [1.29, 1.82) is 0 Å². The van der Waals surface area contributed by atoms with Crippen LogP contribution in [0, 0.1) is 0 Å². The van der Waals surface area contributed by atoms with Gasteiger partial charge in [-0.1, -0.05) is 0 Å². The predicted molar refractivity (Wildman–Crippen MR) is 76.7 cm³/mol. The molecule has 2 aromatic carbocycles. The minimum Gasteiger partial charge on any atom is -0.397 e. The Bertz CT molecular complexity index is 738. The highest BCUT2D eigenvalue weighted by Gasteiger charge is 2.38. The van der Waals surface area contributed by atoms with Crippen LogP contribution in [0.25, 0.3) is 0 Å². The fourth-order valence-corrected chi connectivity index (χ4v) is 2.10. The molecular weight excluding hydrogens is 256 g/mol. The van der Waals surface area contributed by atoms with Gasteiger partial charge in [0.25, 0.3) is 5.91 Å². The van der Waals surface area contributed by atoms with E-state index < -0.39 is 5.91 Å². The molecule has 0 saturated heterocycles. The molecule has 1 aliphatic rings. The highest BCUT2D eigenvalue weighted by atomic mass is 16.2. The van der Waals surface area contributed by atoms with E-state index >= 15 is 0 Å². The number of fused-ring (bicyclic) bond motifs is 1. The summed E-state index contributed by atoms with van der Waals surface area (Å²) in [6, 6.07) is 9.55. The number of carbonyl (C=O) groups is 2. The Morgan fingerprint density at radius 1 is 0.900 bits per heavy atom. The normalized spacial score (nSPS) is 11.9. The Balaban J connectivity index is 1.88. The molecule has 0 aliphatic carbocycles. The van der Waals surface area contributed by atoms with Crippen molar-refractivity contribution in [3.8, 4) is 0 Å². The molecule has 2 amide bonds. The van der Waals surface area contributed by atoms with Crippen LogP contribution in [0.4, 0.5) is 22.7 Å². The lowest BCUT2D eigenvalue weighted by molar-refractivity contribution is 0.0991. The summed E-state index contributed by atoms with van der Waals surface area (Å²) in [7, 11) is 0. The summed E-state index contributed by atoms with van der Waals surface area (Å²) >= 11 is 0. The summed E-state index contributed by atoms with van der Waals surface area (Å²) in [6.07, 6.45) is 0. The van der Waals surface area contributed by atoms with Crippen LogP contribution in [0.2, 0.25) is 0 Å². The fraction of sp³-hybridized carbons (Fsp3) is 0. The summed E-state index contributed by atoms with van der Waals surface area (Å²) in [5.41, 5.74) is 19.7. The van der Waals surface area contributed by atoms with E-state index in [1.807, 2.05) is 0 Å². The number of nitrogens with two attached hydrogens (primary N) is 3. The van der Waals surface area contributed by atoms with E-state index in [1.54, 1.807) is 24.3 Å². The largest absolute Gasteiger partial charge is 0.397 e. The molecule has 0 atom stereocenters. The van der Waals surface area contributed by atoms with Crippen molar-refractivity contribution in [3.05, 3.63) is 47.5 Å². The smallest absolute Gasteiger partial charge is 0.263 e. The van der Waals surface area contributed by atoms with Gasteiger partial charge in [-0.15, -0.1) is 0 Å². The number of primary amides is 1. The van der Waals surface area contributed by atoms with Crippen molar-refractivity contribution in [2.45, 2.75) is 0 Å². The molecular formula is C14H12N4O2. The van der Waals surface area contributed by atoms with Gasteiger partial charge in [-0.2, -0.15) is 0 Å². The Labute approximate surface area is 114 Å². The zero-order valence-corrected chi connectivity index (χ0v) is 10.5. The zero-order chi connectivity index (χ0) is 14.4. The minimum atomic E-state index is -0.531. The lowest BCUT2D eigenvalue weighted by Gasteiger charge is -2.03. The number of hydrogen-bond donors (Lipinski definition) is 3. The average Bonchev–Trinajstić information content (AvgIpc) is 3.17. The van der Waals surface area contributed by atoms with Crippen LogP contribution in [0.5, 0.6) is 0 Å². The van der Waals surface area contributed by atoms with Gasteiger partial charge in [0.1, 0.15) is 0 Å². The summed E-state index contributed by atoms with van der Waals surface area (Å²) < 4.78 is 0. The van der Waals surface area contributed by atoms with Gasteiger partial charge >= 0.3 is 0 Å². The van der Waals surface area contributed by atoms with Crippen molar-refractivity contribution in [2.75, 3.05) is 16.4 Å². The maximum Gasteiger partial charge on any atom is 0.263 e. The van der Waals surface area contributed by atoms with E-state index in [0.29, 0.717) is 28.2 Å². The van der Waals surface area contributed by atoms with Crippen LogP contribution in [0.3, 0.4) is 0 Å². The maximum absolute atomic E-state index is 12.3. The number of carbonyl (C=O) groups excluding carboxylic acids is 2. The Hall–Kier alpha value is -3.02. The lowest BCUT2D eigenvalue weighted by atomic mass is 10.1. The highest BCUT2D eigenvalue weighted by molar-refractivity contribution is 6.26. The number of rotatable bonds is 2. The molecule has 2 aromatic rings. The van der Waals surface area contributed by atoms with Gasteiger partial charge in [-0.3, -0.25) is 14.5 Å². The first-order chi connectivity index (χ1) is 9.50. The van der Waals surface area contributed by atoms with Gasteiger partial charge in [0.05, 0.1) is 22.7 Å². The van der Waals surface area contributed by atoms with Gasteiger partial charge in [-0.25, -0.2) is 0 Å². The van der Waals surface area contributed by atoms with E-state index in [9.17, 15) is 9.59 Å². The molecule has 0 unspecified atom stereocenters. The molecule has 0 fully saturated rings. The number of nitrogens with zero attached hydrogens (tertiary/aromatic N) is 1. The molecule has 6 nitrogen and oxygen atoms in total. The zero-order valence-electron chi connectivity index (χ0n) is 10.5. The molecule has 0 spiro atoms. The van der Waals surface area contributed by atoms with Crippen LogP contribution >= 0.6 is 0 Å².